The normalized spacial score (nSPS) is 7.44. The molecular weight excluding hydrogens is 216 g/mol. The van der Waals surface area contributed by atoms with Gasteiger partial charge in [-0.05, 0) is 18.8 Å². The van der Waals surface area contributed by atoms with Gasteiger partial charge in [-0.3, -0.25) is 0 Å². The van der Waals surface area contributed by atoms with E-state index in [1.165, 1.54) is 12.8 Å². The molecule has 0 aliphatic carbocycles. The topological polar surface area (TPSA) is 0 Å². The van der Waals surface area contributed by atoms with Crippen LogP contribution in [0.1, 0.15) is 88.5 Å². The van der Waals surface area contributed by atoms with E-state index in [9.17, 15) is 0 Å². The highest BCUT2D eigenvalue weighted by molar-refractivity contribution is 4.60. The largest absolute Gasteiger partial charge is 0.103 e. The number of hydrogen-bond acceptors (Lipinski definition) is 0. The molecule has 0 aromatic rings. The fourth-order valence-corrected chi connectivity index (χ4v) is 0. The third-order valence-electron chi connectivity index (χ3n) is 0.289. The molecule has 0 aliphatic heterocycles. The van der Waals surface area contributed by atoms with Gasteiger partial charge in [0.15, 0.2) is 0 Å². The van der Waals surface area contributed by atoms with Gasteiger partial charge in [-0.2, -0.15) is 0 Å². The first-order valence-electron chi connectivity index (χ1n) is 7.34. The van der Waals surface area contributed by atoms with Crippen LogP contribution in [0.2, 0.25) is 0 Å². The Bertz CT molecular complexity index is 95.7. The van der Waals surface area contributed by atoms with Crippen molar-refractivity contribution in [3.8, 4) is 0 Å². The summed E-state index contributed by atoms with van der Waals surface area (Å²) in [6.45, 7) is 28.0. The molecule has 0 saturated carbocycles. The van der Waals surface area contributed by atoms with Gasteiger partial charge in [-0.15, -0.1) is 13.2 Å². The van der Waals surface area contributed by atoms with E-state index in [0.29, 0.717) is 5.41 Å². The van der Waals surface area contributed by atoms with E-state index in [0.717, 1.165) is 6.42 Å². The van der Waals surface area contributed by atoms with E-state index >= 15 is 0 Å². The quantitative estimate of drug-likeness (QED) is 0.423. The van der Waals surface area contributed by atoms with Crippen molar-refractivity contribution in [1.82, 2.24) is 0 Å². The molecule has 0 bridgehead atoms. The average molecular weight is 259 g/mol. The molecule has 0 N–H and O–H groups in total. The van der Waals surface area contributed by atoms with E-state index in [1.807, 2.05) is 13.0 Å². The van der Waals surface area contributed by atoms with Crippen LogP contribution >= 0.6 is 0 Å². The van der Waals surface area contributed by atoms with Crippen LogP contribution in [-0.2, 0) is 0 Å². The van der Waals surface area contributed by atoms with Gasteiger partial charge < -0.3 is 0 Å². The maximum Gasteiger partial charge on any atom is -0.0382 e. The predicted octanol–water partition coefficient (Wildman–Crippen LogP) is 7.66. The molecule has 0 heterocycles. The van der Waals surface area contributed by atoms with Crippen LogP contribution in [0.25, 0.3) is 0 Å². The minimum atomic E-state index is 0.500. The van der Waals surface area contributed by atoms with Gasteiger partial charge in [0.2, 0.25) is 0 Å². The molecule has 0 atom stereocenters. The van der Waals surface area contributed by atoms with Crippen LogP contribution in [0.4, 0.5) is 0 Å². The maximum atomic E-state index is 3.48. The standard InChI is InChI=1S/C5H12.C4H8.2C3H8.C3H6/c1-5(2,3)4;1-3-4-2;3*1-3-2/h1-4H3;3H,1,4H2,2H3;2*3H2,1-2H3;3H,1H2,2H3. The van der Waals surface area contributed by atoms with Gasteiger partial charge in [0.1, 0.15) is 0 Å². The molecular formula is C18H42. The monoisotopic (exact) mass is 258 g/mol. The van der Waals surface area contributed by atoms with Crippen molar-refractivity contribution < 1.29 is 0 Å². The minimum Gasteiger partial charge on any atom is -0.103 e. The summed E-state index contributed by atoms with van der Waals surface area (Å²) in [6.07, 6.45) is 7.21. The van der Waals surface area contributed by atoms with Crippen molar-refractivity contribution >= 4 is 0 Å². The van der Waals surface area contributed by atoms with Gasteiger partial charge in [0.25, 0.3) is 0 Å². The summed E-state index contributed by atoms with van der Waals surface area (Å²) in [5.74, 6) is 0. The molecule has 0 aromatic carbocycles. The second kappa shape index (κ2) is 36.0. The third kappa shape index (κ3) is 14100. The van der Waals surface area contributed by atoms with Gasteiger partial charge in [0.05, 0.1) is 0 Å². The number of hydrogen-bond donors (Lipinski definition) is 0. The van der Waals surface area contributed by atoms with Gasteiger partial charge in [-0.1, -0.05) is 87.3 Å². The molecule has 0 amide bonds. The molecule has 0 spiro atoms. The van der Waals surface area contributed by atoms with E-state index < -0.39 is 0 Å². The van der Waals surface area contributed by atoms with Crippen molar-refractivity contribution in [1.29, 1.82) is 0 Å². The molecule has 0 unspecified atom stereocenters. The summed E-state index contributed by atoms with van der Waals surface area (Å²) >= 11 is 0. The molecule has 0 nitrogen and oxygen atoms in total. The Morgan fingerprint density at radius 2 is 0.833 bits per heavy atom. The van der Waals surface area contributed by atoms with Crippen LogP contribution in [0.3, 0.4) is 0 Å². The van der Waals surface area contributed by atoms with Gasteiger partial charge in [0, 0.05) is 0 Å². The predicted molar refractivity (Wildman–Crippen MR) is 93.4 cm³/mol. The lowest BCUT2D eigenvalue weighted by atomic mass is 10.0. The lowest BCUT2D eigenvalue weighted by molar-refractivity contribution is 0.469. The maximum absolute atomic E-state index is 3.48. The highest BCUT2D eigenvalue weighted by Crippen LogP contribution is 2.08. The fourth-order valence-electron chi connectivity index (χ4n) is 0. The second-order valence-corrected chi connectivity index (χ2v) is 5.52. The van der Waals surface area contributed by atoms with Crippen molar-refractivity contribution in [3.05, 3.63) is 25.3 Å². The Morgan fingerprint density at radius 3 is 0.833 bits per heavy atom. The Hall–Kier alpha value is -0.520. The second-order valence-electron chi connectivity index (χ2n) is 5.52. The van der Waals surface area contributed by atoms with Crippen molar-refractivity contribution in [3.63, 3.8) is 0 Å². The summed E-state index contributed by atoms with van der Waals surface area (Å²) in [4.78, 5) is 0. The molecule has 18 heavy (non-hydrogen) atoms. The smallest absolute Gasteiger partial charge is 0.0382 e. The Labute approximate surface area is 120 Å². The molecule has 0 rings (SSSR count). The molecule has 0 saturated heterocycles. The molecule has 0 radical (unpaired) electrons. The van der Waals surface area contributed by atoms with Crippen LogP contribution in [0.15, 0.2) is 25.3 Å². The van der Waals surface area contributed by atoms with Crippen LogP contribution < -0.4 is 0 Å². The molecule has 0 aromatic heterocycles. The van der Waals surface area contributed by atoms with Gasteiger partial charge >= 0.3 is 0 Å². The number of rotatable bonds is 1. The van der Waals surface area contributed by atoms with Crippen molar-refractivity contribution in [2.75, 3.05) is 0 Å². The van der Waals surface area contributed by atoms with E-state index in [1.54, 1.807) is 6.08 Å². The van der Waals surface area contributed by atoms with E-state index in [4.69, 9.17) is 0 Å². The summed E-state index contributed by atoms with van der Waals surface area (Å²) in [6, 6.07) is 0. The SMILES string of the molecule is C=CC.C=CCC.CC(C)(C)C.CCC.CCC. The minimum absolute atomic E-state index is 0.500. The lowest BCUT2D eigenvalue weighted by Crippen LogP contribution is -1.93. The zero-order valence-electron chi connectivity index (χ0n) is 15.2. The van der Waals surface area contributed by atoms with Crippen molar-refractivity contribution in [2.45, 2.75) is 88.5 Å². The zero-order chi connectivity index (χ0) is 16.0. The van der Waals surface area contributed by atoms with Gasteiger partial charge in [-0.25, -0.2) is 0 Å². The van der Waals surface area contributed by atoms with E-state index in [-0.39, 0.29) is 0 Å². The summed E-state index contributed by atoms with van der Waals surface area (Å²) in [5, 5.41) is 0. The van der Waals surface area contributed by atoms with Crippen LogP contribution in [0.5, 0.6) is 0 Å². The summed E-state index contributed by atoms with van der Waals surface area (Å²) < 4.78 is 0. The summed E-state index contributed by atoms with van der Waals surface area (Å²) in [5.41, 5.74) is 0.500. The van der Waals surface area contributed by atoms with Crippen LogP contribution in [0, 0.1) is 5.41 Å². The Morgan fingerprint density at radius 1 is 0.778 bits per heavy atom. The molecule has 0 aliphatic rings. The average Bonchev–Trinajstić information content (AvgIpc) is 2.18. The highest BCUT2D eigenvalue weighted by atomic mass is 14.0. The molecule has 114 valence electrons. The van der Waals surface area contributed by atoms with Crippen LogP contribution in [-0.4, -0.2) is 0 Å². The summed E-state index contributed by atoms with van der Waals surface area (Å²) in [7, 11) is 0. The Kier molecular flexibility index (Phi) is 60.9. The Balaban J connectivity index is -0.0000000400. The first kappa shape index (κ1) is 30.5. The highest BCUT2D eigenvalue weighted by Gasteiger charge is 1.95. The van der Waals surface area contributed by atoms with Crippen molar-refractivity contribution in [2.24, 2.45) is 5.41 Å². The number of allylic oxidation sites excluding steroid dienone is 2. The third-order valence-corrected chi connectivity index (χ3v) is 0.289. The fraction of sp³-hybridized carbons (Fsp3) is 0.778. The lowest BCUT2D eigenvalue weighted by Gasteiger charge is -2.05. The molecule has 0 fully saturated rings. The first-order chi connectivity index (χ1) is 8.16. The molecule has 0 heteroatoms. The zero-order valence-corrected chi connectivity index (χ0v) is 15.2. The van der Waals surface area contributed by atoms with E-state index in [2.05, 4.69) is 75.5 Å². The first-order valence-corrected chi connectivity index (χ1v) is 7.34.